The van der Waals surface area contributed by atoms with Crippen molar-refractivity contribution in [1.29, 1.82) is 0 Å². The minimum absolute atomic E-state index is 0.110. The van der Waals surface area contributed by atoms with Crippen LogP contribution in [-0.4, -0.2) is 24.6 Å². The molecule has 2 aromatic heterocycles. The largest absolute Gasteiger partial charge is 0.360 e. The van der Waals surface area contributed by atoms with Crippen molar-refractivity contribution in [2.24, 2.45) is 0 Å². The van der Waals surface area contributed by atoms with Crippen LogP contribution < -0.4 is 4.72 Å². The fraction of sp³-hybridized carbons (Fsp3) is 0.353. The molecule has 0 bridgehead atoms. The Balaban J connectivity index is 1.64. The number of halogens is 1. The molecule has 8 heteroatoms. The molecular weight excluding hydrogens is 345 g/mol. The zero-order chi connectivity index (χ0) is 17.8. The van der Waals surface area contributed by atoms with Crippen LogP contribution in [0.25, 0.3) is 10.9 Å². The lowest BCUT2D eigenvalue weighted by molar-refractivity contribution is 0.390. The number of nitrogens with zero attached hydrogens (tertiary/aromatic N) is 1. The second kappa shape index (κ2) is 5.67. The Morgan fingerprint density at radius 3 is 2.88 bits per heavy atom. The van der Waals surface area contributed by atoms with Gasteiger partial charge in [-0.25, -0.2) is 17.5 Å². The van der Waals surface area contributed by atoms with Crippen molar-refractivity contribution < 1.29 is 17.3 Å². The van der Waals surface area contributed by atoms with Crippen LogP contribution in [0, 0.1) is 19.7 Å². The number of aromatic nitrogens is 2. The van der Waals surface area contributed by atoms with Gasteiger partial charge in [-0.3, -0.25) is 0 Å². The highest BCUT2D eigenvalue weighted by Gasteiger charge is 2.30. The summed E-state index contributed by atoms with van der Waals surface area (Å²) in [5.41, 5.74) is 3.20. The highest BCUT2D eigenvalue weighted by atomic mass is 32.2. The molecule has 3 aromatic rings. The Hall–Kier alpha value is -2.19. The summed E-state index contributed by atoms with van der Waals surface area (Å²) in [5.74, 6) is -0.00849. The monoisotopic (exact) mass is 363 g/mol. The van der Waals surface area contributed by atoms with Gasteiger partial charge in [0, 0.05) is 22.6 Å². The number of H-pyrrole nitrogens is 1. The first-order chi connectivity index (χ1) is 11.8. The molecule has 2 heterocycles. The minimum Gasteiger partial charge on any atom is -0.360 e. The van der Waals surface area contributed by atoms with E-state index >= 15 is 0 Å². The van der Waals surface area contributed by atoms with Gasteiger partial charge in [0.05, 0.1) is 0 Å². The number of aromatic amines is 1. The van der Waals surface area contributed by atoms with Crippen LogP contribution >= 0.6 is 0 Å². The van der Waals surface area contributed by atoms with Gasteiger partial charge >= 0.3 is 0 Å². The van der Waals surface area contributed by atoms with Gasteiger partial charge in [0.1, 0.15) is 16.4 Å². The van der Waals surface area contributed by atoms with E-state index in [0.717, 1.165) is 22.2 Å². The fourth-order valence-corrected chi connectivity index (χ4v) is 5.23. The molecule has 1 aliphatic carbocycles. The van der Waals surface area contributed by atoms with Crippen LogP contribution in [0.3, 0.4) is 0 Å². The van der Waals surface area contributed by atoms with Gasteiger partial charge in [-0.1, -0.05) is 5.16 Å². The number of hydrogen-bond donors (Lipinski definition) is 2. The van der Waals surface area contributed by atoms with Crippen molar-refractivity contribution in [3.8, 4) is 0 Å². The maximum atomic E-state index is 13.4. The number of hydrogen-bond acceptors (Lipinski definition) is 4. The lowest BCUT2D eigenvalue weighted by Crippen LogP contribution is -2.39. The van der Waals surface area contributed by atoms with Crippen molar-refractivity contribution in [3.05, 3.63) is 46.7 Å². The molecule has 4 rings (SSSR count). The highest BCUT2D eigenvalue weighted by Crippen LogP contribution is 2.30. The smallest absolute Gasteiger partial charge is 0.246 e. The Bertz CT molecular complexity index is 1050. The van der Waals surface area contributed by atoms with Crippen molar-refractivity contribution >= 4 is 20.9 Å². The summed E-state index contributed by atoms with van der Waals surface area (Å²) in [6.07, 6.45) is 1.94. The Kier molecular flexibility index (Phi) is 3.69. The maximum Gasteiger partial charge on any atom is 0.246 e. The lowest BCUT2D eigenvalue weighted by atomic mass is 9.92. The molecule has 0 radical (unpaired) electrons. The predicted octanol–water partition coefficient (Wildman–Crippen LogP) is 2.75. The Morgan fingerprint density at radius 1 is 1.36 bits per heavy atom. The molecular formula is C17H18FN3O3S. The van der Waals surface area contributed by atoms with Crippen LogP contribution in [0.5, 0.6) is 0 Å². The summed E-state index contributed by atoms with van der Waals surface area (Å²) in [4.78, 5) is 3.35. The van der Waals surface area contributed by atoms with Crippen molar-refractivity contribution in [3.63, 3.8) is 0 Å². The molecule has 1 unspecified atom stereocenters. The summed E-state index contributed by atoms with van der Waals surface area (Å²) in [6, 6.07) is 4.41. The van der Waals surface area contributed by atoms with E-state index in [0.29, 0.717) is 25.0 Å². The standard InChI is InChI=1S/C17H18FN3O3S/c1-9-17(10(2)24-20-9)25(22,23)21-12-4-6-15-14(8-12)13-5-3-11(18)7-16(13)19-15/h3,5,7,12,19,21H,4,6,8H2,1-2H3. The lowest BCUT2D eigenvalue weighted by Gasteiger charge is -2.23. The van der Waals surface area contributed by atoms with Crippen LogP contribution in [0.4, 0.5) is 4.39 Å². The van der Waals surface area contributed by atoms with E-state index in [1.54, 1.807) is 19.9 Å². The average Bonchev–Trinajstić information content (AvgIpc) is 3.06. The molecule has 132 valence electrons. The molecule has 0 spiro atoms. The predicted molar refractivity (Wildman–Crippen MR) is 90.4 cm³/mol. The van der Waals surface area contributed by atoms with E-state index in [2.05, 4.69) is 14.9 Å². The van der Waals surface area contributed by atoms with Crippen LogP contribution in [0.15, 0.2) is 27.6 Å². The molecule has 0 fully saturated rings. The molecule has 1 aromatic carbocycles. The molecule has 0 saturated heterocycles. The van der Waals surface area contributed by atoms with Crippen LogP contribution in [0.2, 0.25) is 0 Å². The van der Waals surface area contributed by atoms with Gasteiger partial charge < -0.3 is 9.51 Å². The summed E-state index contributed by atoms with van der Waals surface area (Å²) in [5, 5.41) is 4.66. The molecule has 0 amide bonds. The average molecular weight is 363 g/mol. The minimum atomic E-state index is -3.70. The van der Waals surface area contributed by atoms with E-state index in [1.807, 2.05) is 0 Å². The van der Waals surface area contributed by atoms with E-state index in [4.69, 9.17) is 4.52 Å². The van der Waals surface area contributed by atoms with E-state index in [9.17, 15) is 12.8 Å². The highest BCUT2D eigenvalue weighted by molar-refractivity contribution is 7.89. The van der Waals surface area contributed by atoms with Crippen LogP contribution in [0.1, 0.15) is 29.1 Å². The number of fused-ring (bicyclic) bond motifs is 3. The normalized spacial score (nSPS) is 17.8. The van der Waals surface area contributed by atoms with Crippen molar-refractivity contribution in [1.82, 2.24) is 14.9 Å². The summed E-state index contributed by atoms with van der Waals surface area (Å²) in [6.45, 7) is 3.19. The number of sulfonamides is 1. The zero-order valence-corrected chi connectivity index (χ0v) is 14.7. The quantitative estimate of drug-likeness (QED) is 0.749. The number of aryl methyl sites for hydroxylation is 3. The van der Waals surface area contributed by atoms with Crippen LogP contribution in [-0.2, 0) is 22.9 Å². The first-order valence-electron chi connectivity index (χ1n) is 8.09. The molecule has 0 saturated carbocycles. The Morgan fingerprint density at radius 2 is 2.16 bits per heavy atom. The van der Waals surface area contributed by atoms with Gasteiger partial charge in [0.2, 0.25) is 10.0 Å². The van der Waals surface area contributed by atoms with E-state index < -0.39 is 10.0 Å². The van der Waals surface area contributed by atoms with Gasteiger partial charge in [-0.2, -0.15) is 0 Å². The summed E-state index contributed by atoms with van der Waals surface area (Å²) in [7, 11) is -3.70. The number of nitrogens with one attached hydrogen (secondary N) is 2. The van der Waals surface area contributed by atoms with Gasteiger partial charge in [0.25, 0.3) is 0 Å². The zero-order valence-electron chi connectivity index (χ0n) is 13.9. The third-order valence-electron chi connectivity index (χ3n) is 4.71. The molecule has 6 nitrogen and oxygen atoms in total. The van der Waals surface area contributed by atoms with Gasteiger partial charge in [-0.15, -0.1) is 0 Å². The molecule has 1 atom stereocenters. The van der Waals surface area contributed by atoms with E-state index in [-0.39, 0.29) is 22.5 Å². The second-order valence-corrected chi connectivity index (χ2v) is 8.14. The molecule has 0 aliphatic heterocycles. The first kappa shape index (κ1) is 16.3. The van der Waals surface area contributed by atoms with Crippen molar-refractivity contribution in [2.75, 3.05) is 0 Å². The molecule has 1 aliphatic rings. The number of rotatable bonds is 3. The topological polar surface area (TPSA) is 88.0 Å². The van der Waals surface area contributed by atoms with Gasteiger partial charge in [-0.05, 0) is 56.9 Å². The third-order valence-corrected chi connectivity index (χ3v) is 6.47. The summed E-state index contributed by atoms with van der Waals surface area (Å²) >= 11 is 0. The molecule has 2 N–H and O–H groups in total. The van der Waals surface area contributed by atoms with Crippen molar-refractivity contribution in [2.45, 2.75) is 44.0 Å². The first-order valence-corrected chi connectivity index (χ1v) is 9.57. The number of benzene rings is 1. The third kappa shape index (κ3) is 2.75. The second-order valence-electron chi connectivity index (χ2n) is 6.49. The SMILES string of the molecule is Cc1noc(C)c1S(=O)(=O)NC1CCc2[nH]c3cc(F)ccc3c2C1. The molecule has 25 heavy (non-hydrogen) atoms. The summed E-state index contributed by atoms with van der Waals surface area (Å²) < 4.78 is 46.5. The fourth-order valence-electron chi connectivity index (χ4n) is 3.63. The maximum absolute atomic E-state index is 13.4. The van der Waals surface area contributed by atoms with Gasteiger partial charge in [0.15, 0.2) is 5.76 Å². The van der Waals surface area contributed by atoms with E-state index in [1.165, 1.54) is 12.1 Å². The Labute approximate surface area is 144 Å².